The number of sulfonamides is 1. The molecule has 4 heterocycles. The fourth-order valence-electron chi connectivity index (χ4n) is 8.56. The summed E-state index contributed by atoms with van der Waals surface area (Å²) in [7, 11) is -4.39. The lowest BCUT2D eigenvalue weighted by molar-refractivity contribution is -0.142. The lowest BCUT2D eigenvalue weighted by Gasteiger charge is -2.33. The first-order valence-corrected chi connectivity index (χ1v) is 21.1. The summed E-state index contributed by atoms with van der Waals surface area (Å²) < 4.78 is 52.6. The molecule has 7 atom stereocenters. The first-order valence-electron chi connectivity index (χ1n) is 19.6. The number of allylic oxidation sites excluding steroid dienone is 1. The van der Waals surface area contributed by atoms with E-state index in [0.29, 0.717) is 57.9 Å². The minimum absolute atomic E-state index is 0.0206. The highest BCUT2D eigenvalue weighted by Gasteiger charge is 2.64. The van der Waals surface area contributed by atoms with E-state index in [0.717, 1.165) is 16.5 Å². The second-order valence-corrected chi connectivity index (χ2v) is 18.1. The summed E-state index contributed by atoms with van der Waals surface area (Å²) in [6, 6.07) is 5.27. The molecule has 3 aliphatic heterocycles. The molecule has 304 valence electrons. The molecule has 4 N–H and O–H groups in total. The molecule has 1 aromatic heterocycles. The van der Waals surface area contributed by atoms with Gasteiger partial charge < -0.3 is 35.0 Å². The first kappa shape index (κ1) is 39.7. The number of ether oxygens (including phenoxy) is 2. The van der Waals surface area contributed by atoms with Crippen LogP contribution in [0, 0.1) is 17.8 Å². The zero-order chi connectivity index (χ0) is 39.8. The number of nitrogens with zero attached hydrogens (tertiary/aromatic N) is 3. The number of amides is 4. The summed E-state index contributed by atoms with van der Waals surface area (Å²) in [5, 5.41) is 16.8. The Balaban J connectivity index is 1.22. The minimum atomic E-state index is -4.39. The van der Waals surface area contributed by atoms with Crippen molar-refractivity contribution in [3.8, 4) is 5.88 Å². The van der Waals surface area contributed by atoms with Crippen LogP contribution in [0.1, 0.15) is 65.2 Å². The summed E-state index contributed by atoms with van der Waals surface area (Å²) in [5.74, 6) is -2.82. The number of fused-ring (bicyclic) bond motifs is 3. The third-order valence-electron chi connectivity index (χ3n) is 12.3. The average molecular weight is 799 g/mol. The standard InChI is InChI=1S/C39H51FN6O9S/c1-3-25-18-24(2)8-4-5-9-26-20-39(26,36(49)44-56(52,53)38(23-40)12-13-38)43-33(47)30-19-27(22-46(30)35(48)32(25)42-37(50)51)55-34-29-11-7-6-10-28(29)31(21-41-34)45-14-16-54-17-15-45/h5-7,9-11,21,24-27,30,32,42H,3-4,8,12-20,22-23H2,1-2H3,(H,43,47)(H,44,49)(H,50,51)/t24-,25-,26-,27-,30+,32+,39-/m1/s1. The molecule has 4 amide bonds. The van der Waals surface area contributed by atoms with Gasteiger partial charge in [-0.15, -0.1) is 0 Å². The Morgan fingerprint density at radius 2 is 1.88 bits per heavy atom. The first-order chi connectivity index (χ1) is 26.8. The Morgan fingerprint density at radius 3 is 2.55 bits per heavy atom. The van der Waals surface area contributed by atoms with Crippen LogP contribution in [0.2, 0.25) is 0 Å². The van der Waals surface area contributed by atoms with E-state index in [4.69, 9.17) is 9.47 Å². The van der Waals surface area contributed by atoms with E-state index in [1.165, 1.54) is 4.90 Å². The highest BCUT2D eigenvalue weighted by Crippen LogP contribution is 2.48. The molecular weight excluding hydrogens is 748 g/mol. The van der Waals surface area contributed by atoms with Gasteiger partial charge in [-0.1, -0.05) is 50.6 Å². The number of nitrogens with one attached hydrogen (secondary N) is 3. The second kappa shape index (κ2) is 15.8. The number of carbonyl (C=O) groups is 4. The monoisotopic (exact) mass is 798 g/mol. The number of morpholine rings is 1. The molecule has 4 fully saturated rings. The molecule has 0 radical (unpaired) electrons. The minimum Gasteiger partial charge on any atom is -0.472 e. The number of rotatable bonds is 9. The van der Waals surface area contributed by atoms with Gasteiger partial charge in [-0.2, -0.15) is 0 Å². The summed E-state index contributed by atoms with van der Waals surface area (Å²) >= 11 is 0. The lowest BCUT2D eigenvalue weighted by atomic mass is 9.85. The molecule has 1 aromatic carbocycles. The van der Waals surface area contributed by atoms with Crippen LogP contribution in [0.25, 0.3) is 10.8 Å². The number of benzene rings is 1. The Labute approximate surface area is 325 Å². The highest BCUT2D eigenvalue weighted by atomic mass is 32.2. The number of hydrogen-bond donors (Lipinski definition) is 4. The maximum Gasteiger partial charge on any atom is 0.405 e. The van der Waals surface area contributed by atoms with Crippen molar-refractivity contribution >= 4 is 50.3 Å². The Kier molecular flexibility index (Phi) is 11.2. The molecule has 2 saturated carbocycles. The molecule has 5 aliphatic rings. The van der Waals surface area contributed by atoms with Gasteiger partial charge in [0.25, 0.3) is 5.91 Å². The molecule has 2 aliphatic carbocycles. The van der Waals surface area contributed by atoms with Crippen molar-refractivity contribution in [2.75, 3.05) is 44.4 Å². The molecule has 0 spiro atoms. The molecule has 15 nitrogen and oxygen atoms in total. The molecule has 0 bridgehead atoms. The molecule has 0 unspecified atom stereocenters. The van der Waals surface area contributed by atoms with Gasteiger partial charge in [0.05, 0.1) is 31.6 Å². The summed E-state index contributed by atoms with van der Waals surface area (Å²) in [5.41, 5.74) is -0.741. The van der Waals surface area contributed by atoms with E-state index in [-0.39, 0.29) is 44.1 Å². The quantitative estimate of drug-likeness (QED) is 0.272. The predicted octanol–water partition coefficient (Wildman–Crippen LogP) is 3.28. The number of halogens is 1. The zero-order valence-corrected chi connectivity index (χ0v) is 32.6. The van der Waals surface area contributed by atoms with Gasteiger partial charge >= 0.3 is 6.09 Å². The number of carbonyl (C=O) groups excluding carboxylic acids is 3. The van der Waals surface area contributed by atoms with Crippen molar-refractivity contribution in [2.24, 2.45) is 17.8 Å². The largest absolute Gasteiger partial charge is 0.472 e. The topological polar surface area (TPSA) is 197 Å². The van der Waals surface area contributed by atoms with Crippen LogP contribution < -0.4 is 25.0 Å². The smallest absolute Gasteiger partial charge is 0.405 e. The van der Waals surface area contributed by atoms with Crippen LogP contribution in [0.3, 0.4) is 0 Å². The van der Waals surface area contributed by atoms with Gasteiger partial charge in [0.1, 0.15) is 35.1 Å². The number of pyridine rings is 1. The Hall–Kier alpha value is -4.51. The van der Waals surface area contributed by atoms with E-state index < -0.39 is 74.9 Å². The van der Waals surface area contributed by atoms with Crippen LogP contribution in [-0.4, -0.2) is 115 Å². The third kappa shape index (κ3) is 7.76. The predicted molar refractivity (Wildman–Crippen MR) is 204 cm³/mol. The van der Waals surface area contributed by atoms with Crippen molar-refractivity contribution in [3.63, 3.8) is 0 Å². The number of anilines is 1. The van der Waals surface area contributed by atoms with E-state index >= 15 is 0 Å². The van der Waals surface area contributed by atoms with Crippen molar-refractivity contribution in [3.05, 3.63) is 42.6 Å². The Morgan fingerprint density at radius 1 is 1.14 bits per heavy atom. The molecule has 17 heteroatoms. The third-order valence-corrected chi connectivity index (χ3v) is 14.4. The van der Waals surface area contributed by atoms with Crippen LogP contribution >= 0.6 is 0 Å². The molecular formula is C39H51FN6O9S. The molecule has 2 saturated heterocycles. The fourth-order valence-corrected chi connectivity index (χ4v) is 9.99. The van der Waals surface area contributed by atoms with Crippen LogP contribution in [-0.2, 0) is 29.1 Å². The summed E-state index contributed by atoms with van der Waals surface area (Å²) in [6.07, 6.45) is 5.89. The summed E-state index contributed by atoms with van der Waals surface area (Å²) in [6.45, 7) is 5.28. The van der Waals surface area contributed by atoms with Crippen molar-refractivity contribution in [1.29, 1.82) is 0 Å². The normalized spacial score (nSPS) is 30.6. The van der Waals surface area contributed by atoms with Gasteiger partial charge in [0, 0.05) is 36.2 Å². The number of aromatic nitrogens is 1. The maximum atomic E-state index is 14.6. The van der Waals surface area contributed by atoms with Gasteiger partial charge in [0.2, 0.25) is 27.7 Å². The van der Waals surface area contributed by atoms with E-state index in [2.05, 4.69) is 25.2 Å². The maximum absolute atomic E-state index is 14.6. The van der Waals surface area contributed by atoms with E-state index in [9.17, 15) is 37.1 Å². The van der Waals surface area contributed by atoms with Crippen molar-refractivity contribution < 1.29 is 46.6 Å². The van der Waals surface area contributed by atoms with Gasteiger partial charge in [-0.3, -0.25) is 19.1 Å². The second-order valence-electron chi connectivity index (χ2n) is 16.0. The average Bonchev–Trinajstić information content (AvgIpc) is 4.09. The van der Waals surface area contributed by atoms with Crippen LogP contribution in [0.4, 0.5) is 14.9 Å². The number of carboxylic acid groups (broad SMARTS) is 1. The van der Waals surface area contributed by atoms with Crippen molar-refractivity contribution in [2.45, 2.75) is 93.7 Å². The molecule has 7 rings (SSSR count). The summed E-state index contributed by atoms with van der Waals surface area (Å²) in [4.78, 5) is 63.3. The zero-order valence-electron chi connectivity index (χ0n) is 31.7. The van der Waals surface area contributed by atoms with Gasteiger partial charge in [-0.05, 0) is 56.4 Å². The van der Waals surface area contributed by atoms with Crippen LogP contribution in [0.5, 0.6) is 5.88 Å². The van der Waals surface area contributed by atoms with E-state index in [1.54, 1.807) is 12.3 Å². The number of hydrogen-bond acceptors (Lipinski definition) is 10. The van der Waals surface area contributed by atoms with Crippen LogP contribution in [0.15, 0.2) is 42.6 Å². The van der Waals surface area contributed by atoms with Gasteiger partial charge in [0.15, 0.2) is 0 Å². The molecule has 2 aromatic rings. The van der Waals surface area contributed by atoms with Crippen molar-refractivity contribution in [1.82, 2.24) is 25.2 Å². The molecule has 56 heavy (non-hydrogen) atoms. The highest BCUT2D eigenvalue weighted by molar-refractivity contribution is 7.91. The number of alkyl halides is 1. The van der Waals surface area contributed by atoms with Gasteiger partial charge in [-0.25, -0.2) is 22.6 Å². The Bertz CT molecular complexity index is 1990. The van der Waals surface area contributed by atoms with E-state index in [1.807, 2.05) is 44.2 Å². The fraction of sp³-hybridized carbons (Fsp3) is 0.615. The lowest BCUT2D eigenvalue weighted by Crippen LogP contribution is -2.59. The SMILES string of the molecule is CC[C@@H]1C[C@H](C)CCC=C[C@@H]2C[C@@]2(C(=O)NS(=O)(=O)C2(CF)CC2)NC(=O)[C@@H]2C[C@@H](Oc3ncc(N4CCOCC4)c4ccccc34)CN2C(=O)[C@H]1NC(=O)O.